The van der Waals surface area contributed by atoms with E-state index in [1.807, 2.05) is 0 Å². The van der Waals surface area contributed by atoms with Crippen LogP contribution >= 0.6 is 22.9 Å². The Balaban J connectivity index is 1.87. The highest BCUT2D eigenvalue weighted by Crippen LogP contribution is 2.39. The molecular weight excluding hydrogens is 338 g/mol. The van der Waals surface area contributed by atoms with Gasteiger partial charge in [0.05, 0.1) is 5.39 Å². The second kappa shape index (κ2) is 6.34. The Bertz CT molecular complexity index is 917. The van der Waals surface area contributed by atoms with Crippen molar-refractivity contribution < 1.29 is 0 Å². The van der Waals surface area contributed by atoms with Crippen LogP contribution in [0, 0.1) is 13.8 Å². The number of nitrogens with zero attached hydrogens (tertiary/aromatic N) is 2. The van der Waals surface area contributed by atoms with E-state index < -0.39 is 0 Å². The van der Waals surface area contributed by atoms with Crippen molar-refractivity contribution in [3.05, 3.63) is 45.1 Å². The summed E-state index contributed by atoms with van der Waals surface area (Å²) in [4.78, 5) is 11.5. The molecule has 0 unspecified atom stereocenters. The number of halogens is 1. The van der Waals surface area contributed by atoms with Crippen LogP contribution in [0.3, 0.4) is 0 Å². The summed E-state index contributed by atoms with van der Waals surface area (Å²) in [6.07, 6.45) is 6.07. The van der Waals surface area contributed by atoms with Crippen molar-refractivity contribution in [2.24, 2.45) is 0 Å². The first-order valence-electron chi connectivity index (χ1n) is 8.44. The highest BCUT2D eigenvalue weighted by atomic mass is 35.5. The molecule has 0 saturated carbocycles. The molecule has 24 heavy (non-hydrogen) atoms. The lowest BCUT2D eigenvalue weighted by Crippen LogP contribution is -2.00. The molecule has 2 aromatic heterocycles. The van der Waals surface area contributed by atoms with Crippen molar-refractivity contribution in [2.45, 2.75) is 46.0 Å². The summed E-state index contributed by atoms with van der Waals surface area (Å²) in [6.45, 7) is 4.21. The Hall–Kier alpha value is -1.65. The van der Waals surface area contributed by atoms with E-state index in [9.17, 15) is 0 Å². The Kier molecular flexibility index (Phi) is 4.19. The number of thiophene rings is 1. The average Bonchev–Trinajstić information content (AvgIpc) is 2.72. The van der Waals surface area contributed by atoms with E-state index in [1.54, 1.807) is 11.3 Å². The minimum absolute atomic E-state index is 0.312. The third-order valence-corrected chi connectivity index (χ3v) is 6.04. The Morgan fingerprint density at radius 1 is 1.08 bits per heavy atom. The molecule has 3 aromatic rings. The van der Waals surface area contributed by atoms with Gasteiger partial charge in [0.2, 0.25) is 5.28 Å². The van der Waals surface area contributed by atoms with Crippen molar-refractivity contribution >= 4 is 44.7 Å². The zero-order chi connectivity index (χ0) is 16.7. The number of aryl methyl sites for hydroxylation is 4. The molecule has 0 fully saturated rings. The van der Waals surface area contributed by atoms with Gasteiger partial charge in [0.25, 0.3) is 0 Å². The molecule has 0 atom stereocenters. The fourth-order valence-corrected chi connectivity index (χ4v) is 4.88. The van der Waals surface area contributed by atoms with Crippen LogP contribution in [-0.4, -0.2) is 9.97 Å². The Morgan fingerprint density at radius 3 is 2.79 bits per heavy atom. The number of aromatic nitrogens is 2. The molecular formula is C19H20ClN3S. The molecule has 1 N–H and O–H groups in total. The van der Waals surface area contributed by atoms with E-state index in [0.29, 0.717) is 5.28 Å². The molecule has 1 aliphatic carbocycles. The summed E-state index contributed by atoms with van der Waals surface area (Å²) in [6, 6.07) is 6.41. The molecule has 3 nitrogen and oxygen atoms in total. The maximum atomic E-state index is 6.20. The third kappa shape index (κ3) is 2.89. The number of anilines is 2. The van der Waals surface area contributed by atoms with Gasteiger partial charge in [0.15, 0.2) is 0 Å². The number of rotatable bonds is 2. The van der Waals surface area contributed by atoms with Crippen LogP contribution in [0.2, 0.25) is 5.28 Å². The van der Waals surface area contributed by atoms with E-state index in [1.165, 1.54) is 46.2 Å². The molecule has 4 rings (SSSR count). The molecule has 0 amide bonds. The van der Waals surface area contributed by atoms with Gasteiger partial charge in [-0.15, -0.1) is 11.3 Å². The lowest BCUT2D eigenvalue weighted by molar-refractivity contribution is 0.713. The second-order valence-electron chi connectivity index (χ2n) is 6.53. The van der Waals surface area contributed by atoms with Gasteiger partial charge in [-0.2, -0.15) is 4.98 Å². The van der Waals surface area contributed by atoms with Gasteiger partial charge >= 0.3 is 0 Å². The molecule has 2 heterocycles. The molecule has 1 aromatic carbocycles. The van der Waals surface area contributed by atoms with Gasteiger partial charge in [-0.1, -0.05) is 18.6 Å². The second-order valence-corrected chi connectivity index (χ2v) is 7.95. The molecule has 0 radical (unpaired) electrons. The van der Waals surface area contributed by atoms with Crippen LogP contribution in [0.25, 0.3) is 10.2 Å². The fraction of sp³-hybridized carbons (Fsp3) is 0.368. The fourth-order valence-electron chi connectivity index (χ4n) is 3.40. The van der Waals surface area contributed by atoms with Crippen LogP contribution in [0.5, 0.6) is 0 Å². The third-order valence-electron chi connectivity index (χ3n) is 4.68. The molecule has 0 aliphatic heterocycles. The smallest absolute Gasteiger partial charge is 0.225 e. The minimum atomic E-state index is 0.312. The first kappa shape index (κ1) is 15.9. The highest BCUT2D eigenvalue weighted by Gasteiger charge is 2.20. The molecule has 1 aliphatic rings. The lowest BCUT2D eigenvalue weighted by Gasteiger charge is -2.12. The van der Waals surface area contributed by atoms with Crippen molar-refractivity contribution in [3.63, 3.8) is 0 Å². The average molecular weight is 358 g/mol. The number of fused-ring (bicyclic) bond motifs is 3. The molecule has 5 heteroatoms. The van der Waals surface area contributed by atoms with Crippen molar-refractivity contribution in [1.29, 1.82) is 0 Å². The maximum absolute atomic E-state index is 6.20. The Morgan fingerprint density at radius 2 is 1.92 bits per heavy atom. The van der Waals surface area contributed by atoms with E-state index in [2.05, 4.69) is 47.3 Å². The zero-order valence-electron chi connectivity index (χ0n) is 13.9. The van der Waals surface area contributed by atoms with Gasteiger partial charge in [-0.05, 0) is 73.9 Å². The van der Waals surface area contributed by atoms with Gasteiger partial charge in [0.1, 0.15) is 10.6 Å². The standard InChI is InChI=1S/C19H20ClN3S/c1-11-8-9-12(2)14(10-11)21-17-16-13-6-4-3-5-7-15(13)24-18(16)23-19(20)22-17/h8-10H,3-7H2,1-2H3,(H,21,22,23). The summed E-state index contributed by atoms with van der Waals surface area (Å²) in [7, 11) is 0. The Labute approximate surface area is 151 Å². The molecule has 0 bridgehead atoms. The van der Waals surface area contributed by atoms with Gasteiger partial charge in [0, 0.05) is 10.6 Å². The first-order valence-corrected chi connectivity index (χ1v) is 9.63. The number of nitrogens with one attached hydrogen (secondary N) is 1. The van der Waals surface area contributed by atoms with E-state index >= 15 is 0 Å². The first-order chi connectivity index (χ1) is 11.6. The van der Waals surface area contributed by atoms with Crippen molar-refractivity contribution in [1.82, 2.24) is 9.97 Å². The summed E-state index contributed by atoms with van der Waals surface area (Å²) in [5.74, 6) is 0.845. The van der Waals surface area contributed by atoms with E-state index in [-0.39, 0.29) is 0 Å². The van der Waals surface area contributed by atoms with Crippen LogP contribution in [-0.2, 0) is 12.8 Å². The molecule has 0 spiro atoms. The predicted molar refractivity (Wildman–Crippen MR) is 103 cm³/mol. The number of hydrogen-bond donors (Lipinski definition) is 1. The van der Waals surface area contributed by atoms with Crippen LogP contribution < -0.4 is 5.32 Å². The quantitative estimate of drug-likeness (QED) is 0.453. The van der Waals surface area contributed by atoms with Crippen LogP contribution in [0.1, 0.15) is 40.8 Å². The summed E-state index contributed by atoms with van der Waals surface area (Å²) < 4.78 is 0. The topological polar surface area (TPSA) is 37.8 Å². The summed E-state index contributed by atoms with van der Waals surface area (Å²) >= 11 is 7.99. The molecule has 124 valence electrons. The normalized spacial score (nSPS) is 14.5. The molecule has 0 saturated heterocycles. The minimum Gasteiger partial charge on any atom is -0.339 e. The number of hydrogen-bond acceptors (Lipinski definition) is 4. The summed E-state index contributed by atoms with van der Waals surface area (Å²) in [5.41, 5.74) is 4.94. The lowest BCUT2D eigenvalue weighted by atomic mass is 10.1. The highest BCUT2D eigenvalue weighted by molar-refractivity contribution is 7.19. The summed E-state index contributed by atoms with van der Waals surface area (Å²) in [5, 5.41) is 5.01. The predicted octanol–water partition coefficient (Wildman–Crippen LogP) is 5.97. The maximum Gasteiger partial charge on any atom is 0.225 e. The van der Waals surface area contributed by atoms with Crippen LogP contribution in [0.15, 0.2) is 18.2 Å². The van der Waals surface area contributed by atoms with Gasteiger partial charge < -0.3 is 5.32 Å². The number of benzene rings is 1. The van der Waals surface area contributed by atoms with Crippen molar-refractivity contribution in [3.8, 4) is 0 Å². The van der Waals surface area contributed by atoms with E-state index in [0.717, 1.165) is 29.2 Å². The largest absolute Gasteiger partial charge is 0.339 e. The van der Waals surface area contributed by atoms with Crippen molar-refractivity contribution in [2.75, 3.05) is 5.32 Å². The van der Waals surface area contributed by atoms with Crippen LogP contribution in [0.4, 0.5) is 11.5 Å². The zero-order valence-corrected chi connectivity index (χ0v) is 15.5. The van der Waals surface area contributed by atoms with Gasteiger partial charge in [-0.25, -0.2) is 4.98 Å². The monoisotopic (exact) mass is 357 g/mol. The van der Waals surface area contributed by atoms with E-state index in [4.69, 9.17) is 11.6 Å². The SMILES string of the molecule is Cc1ccc(C)c(Nc2nc(Cl)nc3sc4c(c23)CCCCC4)c1. The van der Waals surface area contributed by atoms with Gasteiger partial charge in [-0.3, -0.25) is 0 Å².